The van der Waals surface area contributed by atoms with Gasteiger partial charge in [0.05, 0.1) is 5.82 Å². The van der Waals surface area contributed by atoms with Crippen molar-refractivity contribution >= 4 is 5.70 Å². The highest BCUT2D eigenvalue weighted by Crippen LogP contribution is 2.31. The zero-order valence-corrected chi connectivity index (χ0v) is 8.70. The molecule has 0 fully saturated rings. The SMILES string of the molecule is NC(N)=C/C=C(\N)c1cccnc1C(F)(F)F. The third-order valence-corrected chi connectivity index (χ3v) is 1.84. The Morgan fingerprint density at radius 2 is 1.82 bits per heavy atom. The van der Waals surface area contributed by atoms with Crippen molar-refractivity contribution in [1.82, 2.24) is 4.98 Å². The van der Waals surface area contributed by atoms with Gasteiger partial charge < -0.3 is 17.2 Å². The van der Waals surface area contributed by atoms with Crippen LogP contribution in [-0.2, 0) is 6.18 Å². The highest BCUT2D eigenvalue weighted by molar-refractivity contribution is 5.66. The van der Waals surface area contributed by atoms with Gasteiger partial charge in [-0.2, -0.15) is 13.2 Å². The van der Waals surface area contributed by atoms with Crippen LogP contribution in [0.1, 0.15) is 11.3 Å². The van der Waals surface area contributed by atoms with E-state index in [0.29, 0.717) is 0 Å². The number of aromatic nitrogens is 1. The zero-order valence-electron chi connectivity index (χ0n) is 8.70. The smallest absolute Gasteiger partial charge is 0.398 e. The Kier molecular flexibility index (Phi) is 3.62. The van der Waals surface area contributed by atoms with E-state index in [4.69, 9.17) is 17.2 Å². The minimum Gasteiger partial charge on any atom is -0.398 e. The molecule has 0 aliphatic carbocycles. The molecule has 0 saturated carbocycles. The fourth-order valence-electron chi connectivity index (χ4n) is 1.14. The summed E-state index contributed by atoms with van der Waals surface area (Å²) < 4.78 is 37.8. The summed E-state index contributed by atoms with van der Waals surface area (Å²) in [4.78, 5) is 3.27. The van der Waals surface area contributed by atoms with E-state index in [1.165, 1.54) is 24.3 Å². The molecule has 1 aromatic rings. The molecule has 4 nitrogen and oxygen atoms in total. The van der Waals surface area contributed by atoms with Crippen LogP contribution < -0.4 is 17.2 Å². The van der Waals surface area contributed by atoms with Gasteiger partial charge in [-0.05, 0) is 24.3 Å². The first-order valence-corrected chi connectivity index (χ1v) is 4.53. The minimum atomic E-state index is -4.56. The molecule has 0 unspecified atom stereocenters. The van der Waals surface area contributed by atoms with Gasteiger partial charge in [0, 0.05) is 17.5 Å². The van der Waals surface area contributed by atoms with Crippen molar-refractivity contribution in [1.29, 1.82) is 0 Å². The number of pyridine rings is 1. The molecule has 1 rings (SSSR count). The van der Waals surface area contributed by atoms with Crippen LogP contribution in [0.25, 0.3) is 5.70 Å². The van der Waals surface area contributed by atoms with Gasteiger partial charge in [-0.3, -0.25) is 4.98 Å². The zero-order chi connectivity index (χ0) is 13.1. The van der Waals surface area contributed by atoms with Crippen molar-refractivity contribution in [2.24, 2.45) is 17.2 Å². The van der Waals surface area contributed by atoms with E-state index >= 15 is 0 Å². The Bertz CT molecular complexity index is 459. The standard InChI is InChI=1S/C10H11F3N4/c11-10(12,13)9-6(2-1-5-17-9)7(14)3-4-8(15)16/h1-5H,14-16H2/b7-3-. The number of alkyl halides is 3. The number of nitrogens with zero attached hydrogens (tertiary/aromatic N) is 1. The Morgan fingerprint density at radius 3 is 2.35 bits per heavy atom. The van der Waals surface area contributed by atoms with Crippen LogP contribution in [0.5, 0.6) is 0 Å². The fourth-order valence-corrected chi connectivity index (χ4v) is 1.14. The predicted molar refractivity (Wildman–Crippen MR) is 57.9 cm³/mol. The molecule has 7 heteroatoms. The third-order valence-electron chi connectivity index (χ3n) is 1.84. The summed E-state index contributed by atoms with van der Waals surface area (Å²) in [5.41, 5.74) is 14.4. The molecule has 92 valence electrons. The van der Waals surface area contributed by atoms with Crippen molar-refractivity contribution in [2.75, 3.05) is 0 Å². The Hall–Kier alpha value is -2.18. The van der Waals surface area contributed by atoms with Gasteiger partial charge in [0.1, 0.15) is 0 Å². The lowest BCUT2D eigenvalue weighted by atomic mass is 10.1. The van der Waals surface area contributed by atoms with Crippen molar-refractivity contribution in [3.05, 3.63) is 47.6 Å². The number of hydrogen-bond acceptors (Lipinski definition) is 4. The fraction of sp³-hybridized carbons (Fsp3) is 0.100. The predicted octanol–water partition coefficient (Wildman–Crippen LogP) is 1.16. The van der Waals surface area contributed by atoms with Crippen molar-refractivity contribution < 1.29 is 13.2 Å². The van der Waals surface area contributed by atoms with Gasteiger partial charge in [0.15, 0.2) is 5.69 Å². The molecule has 1 aromatic heterocycles. The van der Waals surface area contributed by atoms with Crippen LogP contribution >= 0.6 is 0 Å². The van der Waals surface area contributed by atoms with Crippen LogP contribution in [0.15, 0.2) is 36.3 Å². The first-order valence-electron chi connectivity index (χ1n) is 4.53. The highest BCUT2D eigenvalue weighted by Gasteiger charge is 2.35. The maximum atomic E-state index is 12.6. The van der Waals surface area contributed by atoms with E-state index in [1.54, 1.807) is 0 Å². The van der Waals surface area contributed by atoms with E-state index < -0.39 is 11.9 Å². The van der Waals surface area contributed by atoms with E-state index in [-0.39, 0.29) is 17.1 Å². The lowest BCUT2D eigenvalue weighted by Gasteiger charge is -2.11. The van der Waals surface area contributed by atoms with Crippen LogP contribution in [0.4, 0.5) is 13.2 Å². The van der Waals surface area contributed by atoms with Gasteiger partial charge in [-0.1, -0.05) is 0 Å². The van der Waals surface area contributed by atoms with E-state index in [1.807, 2.05) is 0 Å². The maximum Gasteiger partial charge on any atom is 0.434 e. The molecule has 6 N–H and O–H groups in total. The second kappa shape index (κ2) is 4.77. The van der Waals surface area contributed by atoms with E-state index in [9.17, 15) is 13.2 Å². The lowest BCUT2D eigenvalue weighted by molar-refractivity contribution is -0.141. The summed E-state index contributed by atoms with van der Waals surface area (Å²) in [5.74, 6) is -0.0506. The van der Waals surface area contributed by atoms with Crippen molar-refractivity contribution in [3.63, 3.8) is 0 Å². The molecule has 1 heterocycles. The van der Waals surface area contributed by atoms with Crippen molar-refractivity contribution in [3.8, 4) is 0 Å². The molecule has 0 spiro atoms. The Morgan fingerprint density at radius 1 is 1.18 bits per heavy atom. The molecular formula is C10H11F3N4. The second-order valence-electron chi connectivity index (χ2n) is 3.19. The lowest BCUT2D eigenvalue weighted by Crippen LogP contribution is -2.13. The van der Waals surface area contributed by atoms with Crippen LogP contribution in [0.3, 0.4) is 0 Å². The summed E-state index contributed by atoms with van der Waals surface area (Å²) in [7, 11) is 0. The van der Waals surface area contributed by atoms with Gasteiger partial charge in [-0.15, -0.1) is 0 Å². The summed E-state index contributed by atoms with van der Waals surface area (Å²) in [6.45, 7) is 0. The van der Waals surface area contributed by atoms with Gasteiger partial charge >= 0.3 is 6.18 Å². The molecule has 0 amide bonds. The van der Waals surface area contributed by atoms with Crippen LogP contribution in [-0.4, -0.2) is 4.98 Å². The number of allylic oxidation sites excluding steroid dienone is 2. The average Bonchev–Trinajstić information content (AvgIpc) is 2.24. The highest BCUT2D eigenvalue weighted by atomic mass is 19.4. The van der Waals surface area contributed by atoms with E-state index in [2.05, 4.69) is 4.98 Å². The molecule has 0 radical (unpaired) electrons. The second-order valence-corrected chi connectivity index (χ2v) is 3.19. The van der Waals surface area contributed by atoms with Crippen LogP contribution in [0.2, 0.25) is 0 Å². The molecule has 0 atom stereocenters. The minimum absolute atomic E-state index is 0.0506. The van der Waals surface area contributed by atoms with Gasteiger partial charge in [0.25, 0.3) is 0 Å². The normalized spacial score (nSPS) is 12.3. The molecule has 0 bridgehead atoms. The third kappa shape index (κ3) is 3.40. The molecule has 0 aliphatic heterocycles. The maximum absolute atomic E-state index is 12.6. The number of nitrogens with two attached hydrogens (primary N) is 3. The monoisotopic (exact) mass is 244 g/mol. The van der Waals surface area contributed by atoms with Gasteiger partial charge in [-0.25, -0.2) is 0 Å². The molecule has 0 saturated heterocycles. The number of rotatable bonds is 2. The quantitative estimate of drug-likeness (QED) is 0.681. The molecular weight excluding hydrogens is 233 g/mol. The Labute approximate surface area is 95.6 Å². The average molecular weight is 244 g/mol. The largest absolute Gasteiger partial charge is 0.434 e. The summed E-state index contributed by atoms with van der Waals surface area (Å²) >= 11 is 0. The number of halogens is 3. The van der Waals surface area contributed by atoms with Crippen molar-refractivity contribution in [2.45, 2.75) is 6.18 Å². The number of hydrogen-bond donors (Lipinski definition) is 3. The summed E-state index contributed by atoms with van der Waals surface area (Å²) in [6.07, 6.45) is -1.11. The first-order chi connectivity index (χ1) is 7.82. The van der Waals surface area contributed by atoms with Crippen LogP contribution in [0, 0.1) is 0 Å². The molecule has 17 heavy (non-hydrogen) atoms. The Balaban J connectivity index is 3.23. The molecule has 0 aromatic carbocycles. The summed E-state index contributed by atoms with van der Waals surface area (Å²) in [5, 5.41) is 0. The van der Waals surface area contributed by atoms with Gasteiger partial charge in [0.2, 0.25) is 0 Å². The first kappa shape index (κ1) is 12.9. The van der Waals surface area contributed by atoms with E-state index in [0.717, 1.165) is 6.20 Å². The molecule has 0 aliphatic rings. The summed E-state index contributed by atoms with van der Waals surface area (Å²) in [6, 6.07) is 2.59. The topological polar surface area (TPSA) is 91.0 Å².